The largest absolute Gasteiger partial charge is 0.494 e. The fourth-order valence-corrected chi connectivity index (χ4v) is 6.30. The van der Waals surface area contributed by atoms with E-state index in [9.17, 15) is 0 Å². The Hall–Kier alpha value is -5.69. The smallest absolute Gasteiger partial charge is 0.399 e. The van der Waals surface area contributed by atoms with Crippen molar-refractivity contribution < 1.29 is 9.31 Å². The third kappa shape index (κ3) is 6.64. The molecule has 0 saturated carbocycles. The third-order valence-electron chi connectivity index (χ3n) is 10.0. The summed E-state index contributed by atoms with van der Waals surface area (Å²) >= 11 is 0. The highest BCUT2D eigenvalue weighted by Gasteiger charge is 2.51. The van der Waals surface area contributed by atoms with Gasteiger partial charge in [0.05, 0.1) is 11.2 Å². The van der Waals surface area contributed by atoms with Crippen LogP contribution in [0.4, 0.5) is 0 Å². The predicted molar refractivity (Wildman–Crippen MR) is 208 cm³/mol. The van der Waals surface area contributed by atoms with E-state index in [1.54, 1.807) is 0 Å². The Balaban J connectivity index is 1.07. The molecule has 248 valence electrons. The Labute approximate surface area is 300 Å². The minimum absolute atomic E-state index is 0.367. The van der Waals surface area contributed by atoms with Gasteiger partial charge in [-0.15, -0.1) is 0 Å². The second-order valence-corrected chi connectivity index (χ2v) is 14.0. The van der Waals surface area contributed by atoms with E-state index < -0.39 is 0 Å². The minimum Gasteiger partial charge on any atom is -0.399 e. The number of nitrogens with zero attached hydrogens (tertiary/aromatic N) is 3. The molecule has 1 saturated heterocycles. The van der Waals surface area contributed by atoms with E-state index in [-0.39, 0.29) is 18.3 Å². The van der Waals surface area contributed by atoms with Crippen LogP contribution in [0.3, 0.4) is 0 Å². The van der Waals surface area contributed by atoms with E-state index in [2.05, 4.69) is 149 Å². The maximum Gasteiger partial charge on any atom is 0.494 e. The van der Waals surface area contributed by atoms with Crippen LogP contribution in [-0.4, -0.2) is 33.3 Å². The molecule has 0 amide bonds. The van der Waals surface area contributed by atoms with Crippen molar-refractivity contribution in [1.82, 2.24) is 15.0 Å². The second-order valence-electron chi connectivity index (χ2n) is 14.0. The quantitative estimate of drug-likeness (QED) is 0.159. The standard InChI is InChI=1S/C45H38BN3O2/c1-44(2)45(3,4)51-46(50-44)40-28-26-34(27-29-40)33-18-20-35(21-19-33)38-16-11-17-39(30-38)43-48-41(36-14-9-6-10-15-36)47-42(49-43)37-24-22-32(23-25-37)31-12-7-5-8-13-31/h5-30H,1-4H3. The van der Waals surface area contributed by atoms with Crippen molar-refractivity contribution in [2.24, 2.45) is 0 Å². The number of hydrogen-bond acceptors (Lipinski definition) is 5. The Bertz CT molecular complexity index is 2270. The van der Waals surface area contributed by atoms with Gasteiger partial charge in [-0.05, 0) is 72.6 Å². The average Bonchev–Trinajstić information content (AvgIpc) is 3.41. The van der Waals surface area contributed by atoms with E-state index in [0.717, 1.165) is 50.0 Å². The van der Waals surface area contributed by atoms with Crippen LogP contribution in [0.5, 0.6) is 0 Å². The molecule has 1 fully saturated rings. The molecule has 51 heavy (non-hydrogen) atoms. The Morgan fingerprint density at radius 3 is 1.20 bits per heavy atom. The van der Waals surface area contributed by atoms with E-state index >= 15 is 0 Å². The first-order chi connectivity index (χ1) is 24.7. The van der Waals surface area contributed by atoms with Crippen molar-refractivity contribution in [1.29, 1.82) is 0 Å². The van der Waals surface area contributed by atoms with Gasteiger partial charge in [-0.3, -0.25) is 0 Å². The third-order valence-corrected chi connectivity index (χ3v) is 10.0. The maximum absolute atomic E-state index is 6.24. The van der Waals surface area contributed by atoms with Gasteiger partial charge < -0.3 is 9.31 Å². The van der Waals surface area contributed by atoms with Gasteiger partial charge in [0.25, 0.3) is 0 Å². The van der Waals surface area contributed by atoms with Crippen molar-refractivity contribution in [3.8, 4) is 67.5 Å². The molecule has 6 heteroatoms. The summed E-state index contributed by atoms with van der Waals surface area (Å²) in [4.78, 5) is 14.9. The van der Waals surface area contributed by atoms with E-state index in [4.69, 9.17) is 24.3 Å². The average molecular weight is 664 g/mol. The van der Waals surface area contributed by atoms with Crippen molar-refractivity contribution >= 4 is 12.6 Å². The molecular weight excluding hydrogens is 625 g/mol. The van der Waals surface area contributed by atoms with Crippen LogP contribution in [0, 0.1) is 0 Å². The molecule has 1 aromatic heterocycles. The number of rotatable bonds is 7. The molecule has 8 rings (SSSR count). The molecule has 0 atom stereocenters. The number of aromatic nitrogens is 3. The summed E-state index contributed by atoms with van der Waals surface area (Å²) in [7, 11) is -0.372. The van der Waals surface area contributed by atoms with Crippen LogP contribution in [0.2, 0.25) is 0 Å². The van der Waals surface area contributed by atoms with E-state index in [1.165, 1.54) is 5.56 Å². The SMILES string of the molecule is CC1(C)OB(c2ccc(-c3ccc(-c4cccc(-c5nc(-c6ccccc6)nc(-c6ccc(-c7ccccc7)cc6)n5)c4)cc3)cc2)OC1(C)C. The summed E-state index contributed by atoms with van der Waals surface area (Å²) in [6, 6.07) is 54.4. The molecule has 0 N–H and O–H groups in total. The molecule has 1 aliphatic heterocycles. The normalized spacial score (nSPS) is 14.8. The summed E-state index contributed by atoms with van der Waals surface area (Å²) < 4.78 is 12.5. The molecule has 0 radical (unpaired) electrons. The van der Waals surface area contributed by atoms with E-state index in [0.29, 0.717) is 17.5 Å². The first kappa shape index (κ1) is 32.5. The summed E-state index contributed by atoms with van der Waals surface area (Å²) in [5.41, 5.74) is 9.90. The summed E-state index contributed by atoms with van der Waals surface area (Å²) in [5.74, 6) is 1.91. The lowest BCUT2D eigenvalue weighted by atomic mass is 9.78. The second kappa shape index (κ2) is 13.2. The Morgan fingerprint density at radius 2 is 0.686 bits per heavy atom. The van der Waals surface area contributed by atoms with Crippen LogP contribution in [0.15, 0.2) is 158 Å². The van der Waals surface area contributed by atoms with Crippen LogP contribution in [-0.2, 0) is 9.31 Å². The van der Waals surface area contributed by atoms with Crippen LogP contribution in [0.1, 0.15) is 27.7 Å². The maximum atomic E-state index is 6.24. The lowest BCUT2D eigenvalue weighted by molar-refractivity contribution is 0.00578. The topological polar surface area (TPSA) is 57.1 Å². The zero-order valence-electron chi connectivity index (χ0n) is 29.2. The molecule has 5 nitrogen and oxygen atoms in total. The summed E-state index contributed by atoms with van der Waals surface area (Å²) in [6.07, 6.45) is 0. The van der Waals surface area contributed by atoms with Gasteiger partial charge in [0.2, 0.25) is 0 Å². The van der Waals surface area contributed by atoms with Gasteiger partial charge in [-0.2, -0.15) is 0 Å². The monoisotopic (exact) mass is 663 g/mol. The Morgan fingerprint density at radius 1 is 0.353 bits per heavy atom. The van der Waals surface area contributed by atoms with Crippen molar-refractivity contribution in [3.63, 3.8) is 0 Å². The molecule has 6 aromatic carbocycles. The van der Waals surface area contributed by atoms with Gasteiger partial charge in [0.1, 0.15) is 0 Å². The lowest BCUT2D eigenvalue weighted by Gasteiger charge is -2.32. The van der Waals surface area contributed by atoms with Gasteiger partial charge in [0.15, 0.2) is 17.5 Å². The van der Waals surface area contributed by atoms with Gasteiger partial charge in [-0.1, -0.05) is 152 Å². The first-order valence-corrected chi connectivity index (χ1v) is 17.4. The van der Waals surface area contributed by atoms with Crippen LogP contribution >= 0.6 is 0 Å². The number of benzene rings is 6. The van der Waals surface area contributed by atoms with Gasteiger partial charge in [-0.25, -0.2) is 15.0 Å². The predicted octanol–water partition coefficient (Wildman–Crippen LogP) is 10.2. The molecule has 7 aromatic rings. The molecule has 0 bridgehead atoms. The lowest BCUT2D eigenvalue weighted by Crippen LogP contribution is -2.41. The highest BCUT2D eigenvalue weighted by Crippen LogP contribution is 2.37. The molecule has 1 aliphatic rings. The zero-order valence-corrected chi connectivity index (χ0v) is 29.2. The van der Waals surface area contributed by atoms with Gasteiger partial charge >= 0.3 is 7.12 Å². The molecule has 0 aliphatic carbocycles. The fourth-order valence-electron chi connectivity index (χ4n) is 6.30. The summed E-state index contributed by atoms with van der Waals surface area (Å²) in [6.45, 7) is 8.31. The highest BCUT2D eigenvalue weighted by atomic mass is 16.7. The highest BCUT2D eigenvalue weighted by molar-refractivity contribution is 6.62. The molecule has 2 heterocycles. The van der Waals surface area contributed by atoms with Crippen LogP contribution < -0.4 is 5.46 Å². The fraction of sp³-hybridized carbons (Fsp3) is 0.133. The summed E-state index contributed by atoms with van der Waals surface area (Å²) in [5, 5.41) is 0. The molecule has 0 spiro atoms. The number of hydrogen-bond donors (Lipinski definition) is 0. The Kier molecular flexibility index (Phi) is 8.43. The van der Waals surface area contributed by atoms with Gasteiger partial charge in [0, 0.05) is 16.7 Å². The van der Waals surface area contributed by atoms with Crippen molar-refractivity contribution in [3.05, 3.63) is 158 Å². The first-order valence-electron chi connectivity index (χ1n) is 17.4. The van der Waals surface area contributed by atoms with Crippen molar-refractivity contribution in [2.75, 3.05) is 0 Å². The molecular formula is C45H38BN3O2. The van der Waals surface area contributed by atoms with Crippen molar-refractivity contribution in [2.45, 2.75) is 38.9 Å². The minimum atomic E-state index is -0.372. The zero-order chi connectivity index (χ0) is 35.0. The van der Waals surface area contributed by atoms with E-state index in [1.807, 2.05) is 36.4 Å². The van der Waals surface area contributed by atoms with Crippen LogP contribution in [0.25, 0.3) is 67.5 Å². The molecule has 0 unspecified atom stereocenters.